The molecule has 0 bridgehead atoms. The number of hydrogen-bond acceptors (Lipinski definition) is 3. The first kappa shape index (κ1) is 15.5. The van der Waals surface area contributed by atoms with Gasteiger partial charge in [-0.1, -0.05) is 19.1 Å². The van der Waals surface area contributed by atoms with Gasteiger partial charge in [-0.25, -0.2) is 0 Å². The van der Waals surface area contributed by atoms with E-state index in [1.165, 1.54) is 16.7 Å². The molecule has 1 N–H and O–H groups in total. The van der Waals surface area contributed by atoms with E-state index in [1.807, 2.05) is 0 Å². The summed E-state index contributed by atoms with van der Waals surface area (Å²) in [6.07, 6.45) is 2.49. The molecule has 1 rings (SSSR count). The summed E-state index contributed by atoms with van der Waals surface area (Å²) in [6, 6.07) is 6.48. The maximum Gasteiger partial charge on any atom is 0.125 e. The van der Waals surface area contributed by atoms with E-state index in [1.54, 1.807) is 0 Å². The van der Waals surface area contributed by atoms with E-state index < -0.39 is 0 Å². The van der Waals surface area contributed by atoms with Crippen LogP contribution in [0.3, 0.4) is 0 Å². The summed E-state index contributed by atoms with van der Waals surface area (Å²) in [6.45, 7) is 8.89. The summed E-state index contributed by atoms with van der Waals surface area (Å²) in [5, 5.41) is 11.9. The molecule has 0 atom stereocenters. The molecule has 0 aliphatic heterocycles. The summed E-state index contributed by atoms with van der Waals surface area (Å²) in [4.78, 5) is 0. The van der Waals surface area contributed by atoms with Crippen LogP contribution in [-0.2, 0) is 6.54 Å². The molecule has 0 aliphatic rings. The van der Waals surface area contributed by atoms with Gasteiger partial charge >= 0.3 is 0 Å². The molecule has 3 nitrogen and oxygen atoms in total. The molecule has 19 heavy (non-hydrogen) atoms. The zero-order valence-electron chi connectivity index (χ0n) is 12.3. The predicted molar refractivity (Wildman–Crippen MR) is 78.3 cm³/mol. The highest BCUT2D eigenvalue weighted by Crippen LogP contribution is 2.25. The molecule has 0 amide bonds. The molecule has 0 spiro atoms. The van der Waals surface area contributed by atoms with Crippen LogP contribution in [0.2, 0.25) is 0 Å². The number of benzene rings is 1. The van der Waals surface area contributed by atoms with Crippen LogP contribution in [-0.4, -0.2) is 13.2 Å². The summed E-state index contributed by atoms with van der Waals surface area (Å²) in [7, 11) is 0. The van der Waals surface area contributed by atoms with Gasteiger partial charge in [-0.05, 0) is 49.9 Å². The van der Waals surface area contributed by atoms with Crippen LogP contribution in [0.1, 0.15) is 42.9 Å². The summed E-state index contributed by atoms with van der Waals surface area (Å²) < 4.78 is 5.78. The van der Waals surface area contributed by atoms with Crippen molar-refractivity contribution >= 4 is 0 Å². The highest BCUT2D eigenvalue weighted by atomic mass is 16.5. The number of aryl methyl sites for hydroxylation is 2. The van der Waals surface area contributed by atoms with Crippen LogP contribution in [0.15, 0.2) is 12.1 Å². The molecule has 1 aromatic rings. The van der Waals surface area contributed by atoms with E-state index >= 15 is 0 Å². The fourth-order valence-electron chi connectivity index (χ4n) is 2.10. The minimum Gasteiger partial charge on any atom is -0.493 e. The van der Waals surface area contributed by atoms with Crippen molar-refractivity contribution < 1.29 is 4.74 Å². The quantitative estimate of drug-likeness (QED) is 0.728. The Bertz CT molecular complexity index is 412. The number of nitrogens with zero attached hydrogens (tertiary/aromatic N) is 1. The molecular weight excluding hydrogens is 236 g/mol. The fourth-order valence-corrected chi connectivity index (χ4v) is 2.10. The van der Waals surface area contributed by atoms with Gasteiger partial charge in [0.15, 0.2) is 0 Å². The van der Waals surface area contributed by atoms with Gasteiger partial charge in [0.1, 0.15) is 5.75 Å². The van der Waals surface area contributed by atoms with Crippen molar-refractivity contribution in [3.8, 4) is 11.8 Å². The zero-order chi connectivity index (χ0) is 14.1. The van der Waals surface area contributed by atoms with Gasteiger partial charge in [-0.3, -0.25) is 0 Å². The van der Waals surface area contributed by atoms with Gasteiger partial charge in [-0.2, -0.15) is 5.26 Å². The van der Waals surface area contributed by atoms with Crippen molar-refractivity contribution in [1.82, 2.24) is 5.32 Å². The molecule has 3 heteroatoms. The topological polar surface area (TPSA) is 45.0 Å². The average Bonchev–Trinajstić information content (AvgIpc) is 2.37. The van der Waals surface area contributed by atoms with Crippen LogP contribution in [0.25, 0.3) is 0 Å². The Morgan fingerprint density at radius 3 is 2.53 bits per heavy atom. The Kier molecular flexibility index (Phi) is 6.99. The molecule has 0 fully saturated rings. The number of nitrogens with one attached hydrogen (secondary N) is 1. The fraction of sp³-hybridized carbons (Fsp3) is 0.562. The van der Waals surface area contributed by atoms with Crippen molar-refractivity contribution in [2.45, 2.75) is 46.6 Å². The summed E-state index contributed by atoms with van der Waals surface area (Å²) >= 11 is 0. The van der Waals surface area contributed by atoms with Crippen LogP contribution in [0.5, 0.6) is 5.75 Å². The lowest BCUT2D eigenvalue weighted by Gasteiger charge is -2.14. The molecule has 0 unspecified atom stereocenters. The van der Waals surface area contributed by atoms with E-state index in [0.29, 0.717) is 13.0 Å². The third-order valence-electron chi connectivity index (χ3n) is 2.96. The third-order valence-corrected chi connectivity index (χ3v) is 2.96. The lowest BCUT2D eigenvalue weighted by atomic mass is 10.1. The van der Waals surface area contributed by atoms with Crippen molar-refractivity contribution in [3.05, 3.63) is 28.8 Å². The highest BCUT2D eigenvalue weighted by Gasteiger charge is 2.06. The molecule has 0 aliphatic carbocycles. The molecule has 0 saturated heterocycles. The number of hydrogen-bond donors (Lipinski definition) is 1. The largest absolute Gasteiger partial charge is 0.493 e. The lowest BCUT2D eigenvalue weighted by molar-refractivity contribution is 0.308. The minimum atomic E-state index is 0.553. The SMILES string of the molecule is CCCNCc1cc(C)c(OCCCC#N)c(C)c1. The highest BCUT2D eigenvalue weighted by molar-refractivity contribution is 5.43. The molecule has 0 heterocycles. The van der Waals surface area contributed by atoms with Gasteiger partial charge < -0.3 is 10.1 Å². The van der Waals surface area contributed by atoms with Crippen molar-refractivity contribution in [2.24, 2.45) is 0 Å². The second-order valence-corrected chi connectivity index (χ2v) is 4.85. The number of rotatable bonds is 8. The number of nitriles is 1. The minimum absolute atomic E-state index is 0.553. The maximum atomic E-state index is 8.50. The van der Waals surface area contributed by atoms with Gasteiger partial charge in [0.25, 0.3) is 0 Å². The molecular formula is C16H24N2O. The van der Waals surface area contributed by atoms with Crippen molar-refractivity contribution in [3.63, 3.8) is 0 Å². The second kappa shape index (κ2) is 8.55. The number of ether oxygens (including phenoxy) is 1. The zero-order valence-corrected chi connectivity index (χ0v) is 12.3. The first-order valence-electron chi connectivity index (χ1n) is 6.99. The Labute approximate surface area is 116 Å². The Hall–Kier alpha value is -1.53. The smallest absolute Gasteiger partial charge is 0.125 e. The van der Waals surface area contributed by atoms with Gasteiger partial charge in [-0.15, -0.1) is 0 Å². The van der Waals surface area contributed by atoms with E-state index in [4.69, 9.17) is 10.00 Å². The van der Waals surface area contributed by atoms with E-state index in [2.05, 4.69) is 44.3 Å². The Morgan fingerprint density at radius 1 is 1.26 bits per heavy atom. The van der Waals surface area contributed by atoms with Crippen LogP contribution >= 0.6 is 0 Å². The summed E-state index contributed by atoms with van der Waals surface area (Å²) in [5.41, 5.74) is 3.64. The first-order valence-corrected chi connectivity index (χ1v) is 6.99. The lowest BCUT2D eigenvalue weighted by Crippen LogP contribution is -2.14. The first-order chi connectivity index (χ1) is 9.19. The van der Waals surface area contributed by atoms with Gasteiger partial charge in [0.2, 0.25) is 0 Å². The van der Waals surface area contributed by atoms with Crippen LogP contribution in [0.4, 0.5) is 0 Å². The van der Waals surface area contributed by atoms with Gasteiger partial charge in [0, 0.05) is 13.0 Å². The van der Waals surface area contributed by atoms with E-state index in [0.717, 1.165) is 31.7 Å². The standard InChI is InChI=1S/C16H24N2O/c1-4-8-18-12-15-10-13(2)16(14(3)11-15)19-9-6-5-7-17/h10-11,18H,4-6,8-9,12H2,1-3H3. The van der Waals surface area contributed by atoms with Gasteiger partial charge in [0.05, 0.1) is 12.7 Å². The normalized spacial score (nSPS) is 10.2. The van der Waals surface area contributed by atoms with Crippen molar-refractivity contribution in [1.29, 1.82) is 5.26 Å². The van der Waals surface area contributed by atoms with Crippen molar-refractivity contribution in [2.75, 3.05) is 13.2 Å². The monoisotopic (exact) mass is 260 g/mol. The Balaban J connectivity index is 2.61. The Morgan fingerprint density at radius 2 is 1.95 bits per heavy atom. The van der Waals surface area contributed by atoms with E-state index in [9.17, 15) is 0 Å². The maximum absolute atomic E-state index is 8.50. The molecule has 0 saturated carbocycles. The second-order valence-electron chi connectivity index (χ2n) is 4.85. The summed E-state index contributed by atoms with van der Waals surface area (Å²) in [5.74, 6) is 0.970. The third kappa shape index (κ3) is 5.32. The molecule has 104 valence electrons. The van der Waals surface area contributed by atoms with Crippen LogP contribution < -0.4 is 10.1 Å². The number of unbranched alkanes of at least 4 members (excludes halogenated alkanes) is 1. The van der Waals surface area contributed by atoms with E-state index in [-0.39, 0.29) is 0 Å². The predicted octanol–water partition coefficient (Wildman–Crippen LogP) is 3.49. The molecule has 0 aromatic heterocycles. The van der Waals surface area contributed by atoms with Crippen LogP contribution in [0, 0.1) is 25.2 Å². The molecule has 1 aromatic carbocycles. The molecule has 0 radical (unpaired) electrons. The average molecular weight is 260 g/mol.